The van der Waals surface area contributed by atoms with Crippen LogP contribution in [0.15, 0.2) is 203 Å². The second kappa shape index (κ2) is 57.9. The van der Waals surface area contributed by atoms with Gasteiger partial charge in [-0.1, -0.05) is 274 Å². The number of halogens is 2. The Morgan fingerprint density at radius 1 is 0.241 bits per heavy atom. The number of rotatable bonds is 55. The van der Waals surface area contributed by atoms with Crippen molar-refractivity contribution in [1.29, 1.82) is 0 Å². The number of carbonyl (C=O) groups is 5. The molecule has 0 amide bonds. The van der Waals surface area contributed by atoms with Gasteiger partial charge in [0.05, 0.1) is 29.6 Å². The molecular formula is C100H138F2O10. The number of esters is 5. The Morgan fingerprint density at radius 2 is 0.482 bits per heavy atom. The number of cyclic esters (lactones) is 5. The molecule has 5 fully saturated rings. The number of allylic oxidation sites excluding steroid dienone is 5. The predicted molar refractivity (Wildman–Crippen MR) is 453 cm³/mol. The van der Waals surface area contributed by atoms with E-state index >= 15 is 0 Å². The summed E-state index contributed by atoms with van der Waals surface area (Å²) >= 11 is 0. The lowest BCUT2D eigenvalue weighted by atomic mass is 9.87. The third-order valence-corrected chi connectivity index (χ3v) is 22.5. The molecule has 0 spiro atoms. The van der Waals surface area contributed by atoms with Crippen LogP contribution in [0.1, 0.15) is 285 Å². The molecule has 5 aromatic rings. The van der Waals surface area contributed by atoms with Gasteiger partial charge in [-0.3, -0.25) is 24.0 Å². The predicted octanol–water partition coefficient (Wildman–Crippen LogP) is 25.7. The van der Waals surface area contributed by atoms with E-state index in [-0.39, 0.29) is 90.0 Å². The fraction of sp³-hybridized carbons (Fsp3) is 0.550. The first-order valence-electron chi connectivity index (χ1n) is 43.5. The maximum atomic E-state index is 13.2. The third kappa shape index (κ3) is 37.8. The summed E-state index contributed by atoms with van der Waals surface area (Å²) in [5.74, 6) is -0.684. The summed E-state index contributed by atoms with van der Waals surface area (Å²) in [6, 6.07) is 45.2. The topological polar surface area (TPSA) is 132 Å². The number of aryl methyl sites for hydroxylation is 4. The number of benzene rings is 5. The molecule has 112 heavy (non-hydrogen) atoms. The Hall–Kier alpha value is -7.99. The van der Waals surface area contributed by atoms with Crippen LogP contribution in [0.25, 0.3) is 0 Å². The molecule has 5 saturated heterocycles. The Labute approximate surface area is 673 Å². The van der Waals surface area contributed by atoms with Crippen molar-refractivity contribution in [1.82, 2.24) is 0 Å². The van der Waals surface area contributed by atoms with E-state index in [4.69, 9.17) is 23.7 Å². The van der Waals surface area contributed by atoms with Gasteiger partial charge in [-0.15, -0.1) is 32.9 Å². The average molecular weight is 1540 g/mol. The molecule has 10 rings (SSSR count). The van der Waals surface area contributed by atoms with Crippen LogP contribution in [0, 0.1) is 41.2 Å². The van der Waals surface area contributed by atoms with Gasteiger partial charge in [-0.05, 0) is 200 Å². The van der Waals surface area contributed by atoms with E-state index in [2.05, 4.69) is 118 Å². The van der Waals surface area contributed by atoms with E-state index < -0.39 is 11.6 Å². The number of hydrogen-bond acceptors (Lipinski definition) is 10. The van der Waals surface area contributed by atoms with Crippen LogP contribution >= 0.6 is 0 Å². The summed E-state index contributed by atoms with van der Waals surface area (Å²) < 4.78 is 52.9. The Morgan fingerprint density at radius 3 is 0.812 bits per heavy atom. The highest BCUT2D eigenvalue weighted by atomic mass is 19.1. The summed E-state index contributed by atoms with van der Waals surface area (Å²) in [6.45, 7) is 18.7. The van der Waals surface area contributed by atoms with Crippen LogP contribution in [-0.2, 0) is 79.8 Å². The van der Waals surface area contributed by atoms with Crippen molar-refractivity contribution in [3.05, 3.63) is 242 Å². The molecule has 10 atom stereocenters. The molecule has 0 aromatic heterocycles. The smallest absolute Gasteiger partial charge is 0.313 e. The Kier molecular flexibility index (Phi) is 48.1. The quantitative estimate of drug-likeness (QED) is 0.0160. The maximum Gasteiger partial charge on any atom is 0.313 e. The van der Waals surface area contributed by atoms with Gasteiger partial charge >= 0.3 is 29.8 Å². The second-order valence-corrected chi connectivity index (χ2v) is 31.5. The van der Waals surface area contributed by atoms with Crippen LogP contribution in [0.4, 0.5) is 8.78 Å². The second-order valence-electron chi connectivity index (χ2n) is 31.5. The van der Waals surface area contributed by atoms with Gasteiger partial charge in [-0.25, -0.2) is 8.78 Å². The minimum Gasteiger partial charge on any atom is -0.461 e. The molecule has 12 heteroatoms. The molecule has 0 aliphatic carbocycles. The number of hydrogen-bond donors (Lipinski definition) is 0. The van der Waals surface area contributed by atoms with Crippen LogP contribution in [-0.4, -0.2) is 60.4 Å². The maximum absolute atomic E-state index is 13.2. The first kappa shape index (κ1) is 92.9. The van der Waals surface area contributed by atoms with Crippen molar-refractivity contribution in [2.45, 2.75) is 319 Å². The number of carbonyl (C=O) groups excluding carboxylic acids is 5. The van der Waals surface area contributed by atoms with E-state index in [1.807, 2.05) is 66.8 Å². The highest BCUT2D eigenvalue weighted by Crippen LogP contribution is 2.36. The zero-order valence-electron chi connectivity index (χ0n) is 68.1. The first-order valence-corrected chi connectivity index (χ1v) is 43.5. The van der Waals surface area contributed by atoms with Crippen LogP contribution < -0.4 is 0 Å². The molecule has 0 N–H and O–H groups in total. The van der Waals surface area contributed by atoms with Crippen molar-refractivity contribution in [2.24, 2.45) is 29.6 Å². The Balaban J connectivity index is 0.000000218. The molecule has 612 valence electrons. The van der Waals surface area contributed by atoms with Crippen LogP contribution in [0.5, 0.6) is 0 Å². The van der Waals surface area contributed by atoms with Gasteiger partial charge in [0.15, 0.2) is 0 Å². The third-order valence-electron chi connectivity index (χ3n) is 22.5. The summed E-state index contributed by atoms with van der Waals surface area (Å²) in [6.07, 6.45) is 60.3. The normalized spacial score (nSPS) is 20.1. The molecule has 5 aliphatic rings. The van der Waals surface area contributed by atoms with E-state index in [1.165, 1.54) is 163 Å². The van der Waals surface area contributed by atoms with Crippen molar-refractivity contribution in [3.8, 4) is 0 Å². The SMILES string of the molecule is C=CCCCCCCCC1OC(=O)C1CCc1ccccc1.C=CCCCCCCC[C@H]1C(=O)O[C@@H]1CCCc1ccccc1.C=CCCCCCCC[C@H]1C(=O)O[C@@H]1CCc1cc(F)cc(F)c1.C=CCCCCCCC[C@H]1C(=O)O[C@@H]1CCc1ccccc1.C=CCCCCCCC[C@H]1C(=O)O[C@@H]1Cc1ccccc1. The largest absolute Gasteiger partial charge is 0.461 e. The van der Waals surface area contributed by atoms with Gasteiger partial charge in [0.1, 0.15) is 42.2 Å². The van der Waals surface area contributed by atoms with Crippen molar-refractivity contribution >= 4 is 29.8 Å². The molecule has 10 nitrogen and oxygen atoms in total. The van der Waals surface area contributed by atoms with Gasteiger partial charge in [0, 0.05) is 12.5 Å². The summed E-state index contributed by atoms with van der Waals surface area (Å²) in [7, 11) is 0. The minimum absolute atomic E-state index is 0.00240. The van der Waals surface area contributed by atoms with Gasteiger partial charge in [0.2, 0.25) is 0 Å². The molecule has 5 heterocycles. The highest BCUT2D eigenvalue weighted by molar-refractivity contribution is 5.80. The molecule has 0 bridgehead atoms. The molecular weight excluding hydrogens is 1400 g/mol. The van der Waals surface area contributed by atoms with E-state index in [9.17, 15) is 32.8 Å². The van der Waals surface area contributed by atoms with Crippen molar-refractivity contribution in [2.75, 3.05) is 0 Å². The number of ether oxygens (including phenoxy) is 5. The molecule has 2 unspecified atom stereocenters. The lowest BCUT2D eigenvalue weighted by Crippen LogP contribution is -2.46. The zero-order chi connectivity index (χ0) is 79.9. The monoisotopic (exact) mass is 1540 g/mol. The molecule has 5 aliphatic heterocycles. The molecule has 5 aromatic carbocycles. The van der Waals surface area contributed by atoms with Gasteiger partial charge in [0.25, 0.3) is 0 Å². The molecule has 0 saturated carbocycles. The lowest BCUT2D eigenvalue weighted by molar-refractivity contribution is -0.187. The number of unbranched alkanes of at least 4 members (excludes halogenated alkanes) is 25. The minimum atomic E-state index is -0.566. The fourth-order valence-corrected chi connectivity index (χ4v) is 15.6. The van der Waals surface area contributed by atoms with Gasteiger partial charge < -0.3 is 23.7 Å². The highest BCUT2D eigenvalue weighted by Gasteiger charge is 2.45. The van der Waals surface area contributed by atoms with Crippen LogP contribution in [0.2, 0.25) is 0 Å². The van der Waals surface area contributed by atoms with Crippen molar-refractivity contribution < 1.29 is 56.4 Å². The fourth-order valence-electron chi connectivity index (χ4n) is 15.6. The van der Waals surface area contributed by atoms with E-state index in [0.29, 0.717) is 18.4 Å². The Bertz CT molecular complexity index is 3390. The summed E-state index contributed by atoms with van der Waals surface area (Å²) in [5.41, 5.74) is 5.87. The summed E-state index contributed by atoms with van der Waals surface area (Å²) in [4.78, 5) is 58.1. The zero-order valence-corrected chi connectivity index (χ0v) is 68.1. The van der Waals surface area contributed by atoms with Gasteiger partial charge in [-0.2, -0.15) is 0 Å². The van der Waals surface area contributed by atoms with E-state index in [1.54, 1.807) is 0 Å². The lowest BCUT2D eigenvalue weighted by Gasteiger charge is -2.35. The standard InChI is InChI=1S/C21H30O2.C20H26F2O2.2C20H28O2.C19H26O2/c1-2-3-4-5-6-7-11-16-19-20(23-21(19)22)17-12-15-18-13-9-8-10-14-18;1-2-3-4-5-6-7-8-9-18-19(24-20(18)23)11-10-15-12-16(21)14-17(22)13-15;1-2-3-4-5-6-7-11-14-19-18(20(21)22-19)16-15-17-12-9-8-10-13-17;1-2-3-4-5-6-7-11-14-18-19(22-20(18)21)16-15-17-12-9-8-10-13-17;1-2-3-4-5-6-7-11-14-17-18(21-19(17)20)15-16-12-9-8-10-13-16/h2,8-10,13-14,19-20H,1,3-7,11-12,15-17H2;2,12-14,18-19H,1,3-11H2;2*2,8-10,12-13,18-19H,1,3-7,11,14-16H2;2,8-10,12-13,17-18H,1,3-7,11,14-15H2/t19-,20-;18-,19-;;18-,19-;17-,18-/m11.11/s1. The summed E-state index contributed by atoms with van der Waals surface area (Å²) in [5, 5.41) is 0. The van der Waals surface area contributed by atoms with E-state index in [0.717, 1.165) is 154 Å². The van der Waals surface area contributed by atoms with Crippen LogP contribution in [0.3, 0.4) is 0 Å². The average Bonchev–Trinajstić information content (AvgIpc) is 0.828. The van der Waals surface area contributed by atoms with Crippen molar-refractivity contribution in [3.63, 3.8) is 0 Å². The first-order chi connectivity index (χ1) is 54.8. The molecule has 0 radical (unpaired) electrons.